The molecule has 0 N–H and O–H groups in total. The van der Waals surface area contributed by atoms with Crippen molar-refractivity contribution in [2.75, 3.05) is 0 Å². The van der Waals surface area contributed by atoms with Crippen LogP contribution in [0.15, 0.2) is 24.3 Å². The maximum Gasteiger partial charge on any atom is 0.428 e. The van der Waals surface area contributed by atoms with Gasteiger partial charge in [0.05, 0.1) is 0 Å². The smallest absolute Gasteiger partial charge is 0.422 e. The van der Waals surface area contributed by atoms with Crippen LogP contribution in [0.3, 0.4) is 0 Å². The Hall–Kier alpha value is -0.240. The zero-order chi connectivity index (χ0) is 9.19. The second-order valence-electron chi connectivity index (χ2n) is 1.96. The van der Waals surface area contributed by atoms with Crippen LogP contribution in [0.5, 0.6) is 5.75 Å². The van der Waals surface area contributed by atoms with Crippen molar-refractivity contribution in [2.24, 2.45) is 0 Å². The lowest BCUT2D eigenvalue weighted by Crippen LogP contribution is -1.81. The Morgan fingerprint density at radius 1 is 1.25 bits per heavy atom. The minimum Gasteiger partial charge on any atom is -0.422 e. The summed E-state index contributed by atoms with van der Waals surface area (Å²) in [4.78, 5) is 0. The normalized spacial score (nSPS) is 11.2. The molecule has 1 rings (SSSR count). The molecule has 6 heteroatoms. The first-order valence-corrected chi connectivity index (χ1v) is 6.35. The molecule has 0 bridgehead atoms. The molecular weight excluding hydrogens is 225 g/mol. The van der Waals surface area contributed by atoms with E-state index < -0.39 is 11.9 Å². The Bertz CT molecular complexity index is 308. The molecule has 0 aromatic heterocycles. The van der Waals surface area contributed by atoms with Crippen LogP contribution in [0.4, 0.5) is 4.39 Å². The van der Waals surface area contributed by atoms with Crippen molar-refractivity contribution >= 4 is 28.6 Å². The van der Waals surface area contributed by atoms with Crippen molar-refractivity contribution in [3.63, 3.8) is 0 Å². The number of hydrogen-bond donors (Lipinski definition) is 0. The number of hydrogen-bond acceptors (Lipinski definition) is 2. The summed E-state index contributed by atoms with van der Waals surface area (Å²) < 4.78 is 27.6. The molecule has 0 aliphatic rings. The van der Waals surface area contributed by atoms with E-state index in [1.54, 1.807) is 0 Å². The highest BCUT2D eigenvalue weighted by Gasteiger charge is 2.15. The second kappa shape index (κ2) is 3.65. The minimum atomic E-state index is -3.58. The quantitative estimate of drug-likeness (QED) is 0.721. The Morgan fingerprint density at radius 3 is 2.17 bits per heavy atom. The maximum absolute atomic E-state index is 12.3. The first-order chi connectivity index (χ1) is 5.47. The fourth-order valence-electron chi connectivity index (χ4n) is 0.618. The van der Waals surface area contributed by atoms with Gasteiger partial charge in [-0.1, -0.05) is 0 Å². The molecule has 66 valence electrons. The average molecular weight is 229 g/mol. The standard InChI is InChI=1S/C6H4Cl2FO2P/c7-12(8,10)11-6-3-1-5(9)2-4-6/h1-4H. The SMILES string of the molecule is O=P(Cl)(Cl)Oc1ccc(F)cc1. The number of halogens is 3. The topological polar surface area (TPSA) is 26.3 Å². The largest absolute Gasteiger partial charge is 0.428 e. The van der Waals surface area contributed by atoms with Gasteiger partial charge in [0.2, 0.25) is 0 Å². The van der Waals surface area contributed by atoms with E-state index in [0.29, 0.717) is 0 Å². The van der Waals surface area contributed by atoms with Crippen LogP contribution in [-0.4, -0.2) is 0 Å². The molecule has 0 aliphatic carbocycles. The van der Waals surface area contributed by atoms with E-state index in [4.69, 9.17) is 22.5 Å². The summed E-state index contributed by atoms with van der Waals surface area (Å²) in [6, 6.07) is 4.87. The monoisotopic (exact) mass is 228 g/mol. The first kappa shape index (κ1) is 9.85. The van der Waals surface area contributed by atoms with Crippen molar-refractivity contribution in [3.05, 3.63) is 30.1 Å². The molecule has 0 spiro atoms. The van der Waals surface area contributed by atoms with E-state index >= 15 is 0 Å². The van der Waals surface area contributed by atoms with Gasteiger partial charge in [0.25, 0.3) is 0 Å². The van der Waals surface area contributed by atoms with Gasteiger partial charge in [0.15, 0.2) is 0 Å². The van der Waals surface area contributed by atoms with Crippen molar-refractivity contribution in [1.29, 1.82) is 0 Å². The summed E-state index contributed by atoms with van der Waals surface area (Å²) in [5.74, 6) is -0.244. The van der Waals surface area contributed by atoms with Gasteiger partial charge in [-0.3, -0.25) is 0 Å². The van der Waals surface area contributed by atoms with E-state index in [9.17, 15) is 8.96 Å². The third-order valence-corrected chi connectivity index (χ3v) is 1.86. The first-order valence-electron chi connectivity index (χ1n) is 2.92. The van der Waals surface area contributed by atoms with E-state index in [1.165, 1.54) is 12.1 Å². The fraction of sp³-hybridized carbons (Fsp3) is 0. The molecule has 0 aliphatic heterocycles. The third kappa shape index (κ3) is 3.44. The molecule has 0 fully saturated rings. The van der Waals surface area contributed by atoms with E-state index in [0.717, 1.165) is 12.1 Å². The molecule has 12 heavy (non-hydrogen) atoms. The molecule has 0 atom stereocenters. The van der Waals surface area contributed by atoms with E-state index in [2.05, 4.69) is 4.52 Å². The predicted molar refractivity (Wildman–Crippen MR) is 46.3 cm³/mol. The Labute approximate surface area is 78.3 Å². The molecular formula is C6H4Cl2FO2P. The van der Waals surface area contributed by atoms with Gasteiger partial charge in [-0.15, -0.1) is 0 Å². The maximum atomic E-state index is 12.3. The van der Waals surface area contributed by atoms with Gasteiger partial charge in [-0.25, -0.2) is 8.96 Å². The summed E-state index contributed by atoms with van der Waals surface area (Å²) in [5, 5.41) is 0. The Morgan fingerprint density at radius 2 is 1.75 bits per heavy atom. The third-order valence-electron chi connectivity index (χ3n) is 1.03. The lowest BCUT2D eigenvalue weighted by Gasteiger charge is -2.04. The molecule has 0 saturated heterocycles. The van der Waals surface area contributed by atoms with Crippen molar-refractivity contribution < 1.29 is 13.5 Å². The zero-order valence-electron chi connectivity index (χ0n) is 5.71. The molecule has 1 aromatic carbocycles. The second-order valence-corrected chi connectivity index (χ2v) is 6.16. The van der Waals surface area contributed by atoms with Crippen molar-refractivity contribution in [3.8, 4) is 5.75 Å². The van der Waals surface area contributed by atoms with Crippen LogP contribution in [0.25, 0.3) is 0 Å². The molecule has 0 heterocycles. The highest BCUT2D eigenvalue weighted by atomic mass is 35.9. The van der Waals surface area contributed by atoms with Crippen molar-refractivity contribution in [1.82, 2.24) is 0 Å². The number of rotatable bonds is 2. The summed E-state index contributed by atoms with van der Waals surface area (Å²) >= 11 is 10.2. The molecule has 0 saturated carbocycles. The average Bonchev–Trinajstić information content (AvgIpc) is 1.91. The van der Waals surface area contributed by atoms with Crippen LogP contribution in [0, 0.1) is 5.82 Å². The predicted octanol–water partition coefficient (Wildman–Crippen LogP) is 3.79. The minimum absolute atomic E-state index is 0.171. The van der Waals surface area contributed by atoms with Crippen LogP contribution < -0.4 is 4.52 Å². The summed E-state index contributed by atoms with van der Waals surface area (Å²) in [5.41, 5.74) is 0. The van der Waals surface area contributed by atoms with Gasteiger partial charge in [-0.2, -0.15) is 0 Å². The summed E-state index contributed by atoms with van der Waals surface area (Å²) in [6.45, 7) is 0. The fourth-order valence-corrected chi connectivity index (χ4v) is 1.46. The molecule has 1 aromatic rings. The summed E-state index contributed by atoms with van der Waals surface area (Å²) in [6.07, 6.45) is -3.58. The molecule has 2 nitrogen and oxygen atoms in total. The highest BCUT2D eigenvalue weighted by molar-refractivity contribution is 8.05. The molecule has 0 amide bonds. The molecule has 0 unspecified atom stereocenters. The zero-order valence-corrected chi connectivity index (χ0v) is 8.11. The van der Waals surface area contributed by atoms with Gasteiger partial charge in [0, 0.05) is 22.5 Å². The lowest BCUT2D eigenvalue weighted by atomic mass is 10.3. The van der Waals surface area contributed by atoms with E-state index in [1.807, 2.05) is 0 Å². The van der Waals surface area contributed by atoms with Gasteiger partial charge >= 0.3 is 6.07 Å². The van der Waals surface area contributed by atoms with Crippen LogP contribution >= 0.6 is 28.6 Å². The van der Waals surface area contributed by atoms with Crippen LogP contribution in [0.2, 0.25) is 0 Å². The Kier molecular flexibility index (Phi) is 2.99. The van der Waals surface area contributed by atoms with Crippen LogP contribution in [-0.2, 0) is 4.57 Å². The van der Waals surface area contributed by atoms with Gasteiger partial charge in [0.1, 0.15) is 11.6 Å². The number of benzene rings is 1. The lowest BCUT2D eigenvalue weighted by molar-refractivity contribution is 0.512. The highest BCUT2D eigenvalue weighted by Crippen LogP contribution is 2.56. The summed E-state index contributed by atoms with van der Waals surface area (Å²) in [7, 11) is 0. The van der Waals surface area contributed by atoms with Gasteiger partial charge < -0.3 is 4.52 Å². The molecule has 0 radical (unpaired) electrons. The van der Waals surface area contributed by atoms with Crippen molar-refractivity contribution in [2.45, 2.75) is 0 Å². The Balaban J connectivity index is 2.78. The van der Waals surface area contributed by atoms with Gasteiger partial charge in [-0.05, 0) is 24.3 Å². The van der Waals surface area contributed by atoms with Crippen LogP contribution in [0.1, 0.15) is 0 Å². The van der Waals surface area contributed by atoms with E-state index in [-0.39, 0.29) is 5.75 Å².